The second kappa shape index (κ2) is 5.20. The summed E-state index contributed by atoms with van der Waals surface area (Å²) in [6.07, 6.45) is 9.90. The molecule has 1 fully saturated rings. The van der Waals surface area contributed by atoms with Gasteiger partial charge >= 0.3 is 0 Å². The van der Waals surface area contributed by atoms with Crippen molar-refractivity contribution in [2.24, 2.45) is 0 Å². The molecule has 1 atom stereocenters. The zero-order chi connectivity index (χ0) is 14.2. The maximum Gasteiger partial charge on any atom is 0.194 e. The molecule has 0 N–H and O–H groups in total. The van der Waals surface area contributed by atoms with Crippen LogP contribution in [0, 0.1) is 6.92 Å². The molecule has 3 aromatic rings. The van der Waals surface area contributed by atoms with Crippen molar-refractivity contribution in [3.8, 4) is 0 Å². The summed E-state index contributed by atoms with van der Waals surface area (Å²) < 4.78 is 2.21. The number of aromatic nitrogens is 4. The molecule has 0 aliphatic carbocycles. The van der Waals surface area contributed by atoms with Crippen LogP contribution in [-0.4, -0.2) is 30.8 Å². The Morgan fingerprint density at radius 2 is 2.33 bits per heavy atom. The Morgan fingerprint density at radius 1 is 1.38 bits per heavy atom. The number of likely N-dealkylation sites (tertiary alicyclic amines) is 1. The summed E-state index contributed by atoms with van der Waals surface area (Å²) in [5.74, 6) is 0. The molecule has 0 bridgehead atoms. The van der Waals surface area contributed by atoms with Gasteiger partial charge in [-0.25, -0.2) is 4.98 Å². The predicted molar refractivity (Wildman–Crippen MR) is 82.2 cm³/mol. The van der Waals surface area contributed by atoms with Gasteiger partial charge in [0.05, 0.1) is 23.1 Å². The Bertz CT molecular complexity index is 748. The highest BCUT2D eigenvalue weighted by Crippen LogP contribution is 2.32. The molecular weight excluding hydrogens is 282 g/mol. The van der Waals surface area contributed by atoms with Gasteiger partial charge in [-0.05, 0) is 26.3 Å². The van der Waals surface area contributed by atoms with Crippen LogP contribution in [0.2, 0.25) is 0 Å². The number of fused-ring (bicyclic) bond motifs is 1. The van der Waals surface area contributed by atoms with Crippen LogP contribution < -0.4 is 0 Å². The van der Waals surface area contributed by atoms with E-state index in [-0.39, 0.29) is 0 Å². The highest BCUT2D eigenvalue weighted by atomic mass is 32.1. The molecule has 1 aliphatic rings. The third-order valence-corrected chi connectivity index (χ3v) is 4.96. The first-order valence-electron chi connectivity index (χ1n) is 7.24. The molecule has 0 radical (unpaired) electrons. The minimum absolute atomic E-state index is 0.377. The third-order valence-electron chi connectivity index (χ3n) is 4.20. The topological polar surface area (TPSA) is 46.3 Å². The number of nitrogens with zero attached hydrogens (tertiary/aromatic N) is 5. The lowest BCUT2D eigenvalue weighted by Crippen LogP contribution is -2.24. The monoisotopic (exact) mass is 299 g/mol. The number of hydrogen-bond acceptors (Lipinski definition) is 5. The van der Waals surface area contributed by atoms with Gasteiger partial charge in [0, 0.05) is 36.7 Å². The quantitative estimate of drug-likeness (QED) is 0.746. The molecule has 0 amide bonds. The molecule has 4 rings (SSSR count). The normalized spacial score (nSPS) is 19.6. The van der Waals surface area contributed by atoms with E-state index in [0.29, 0.717) is 6.04 Å². The van der Waals surface area contributed by atoms with Crippen LogP contribution in [0.25, 0.3) is 4.96 Å². The molecule has 1 aliphatic heterocycles. The summed E-state index contributed by atoms with van der Waals surface area (Å²) in [5, 5.41) is 2.09. The number of rotatable bonds is 3. The van der Waals surface area contributed by atoms with Gasteiger partial charge in [0.1, 0.15) is 0 Å². The van der Waals surface area contributed by atoms with Gasteiger partial charge in [0.25, 0.3) is 0 Å². The Kier molecular flexibility index (Phi) is 3.20. The SMILES string of the molecule is Cc1nc2sccn2c1CN1CCCC1c1cnccn1. The Morgan fingerprint density at radius 3 is 3.19 bits per heavy atom. The highest BCUT2D eigenvalue weighted by Gasteiger charge is 2.28. The minimum Gasteiger partial charge on any atom is -0.293 e. The van der Waals surface area contributed by atoms with Crippen molar-refractivity contribution in [2.75, 3.05) is 6.54 Å². The lowest BCUT2D eigenvalue weighted by atomic mass is 10.1. The fourth-order valence-electron chi connectivity index (χ4n) is 3.16. The average Bonchev–Trinajstić information content (AvgIpc) is 3.19. The van der Waals surface area contributed by atoms with Crippen LogP contribution in [0.3, 0.4) is 0 Å². The van der Waals surface area contributed by atoms with E-state index in [4.69, 9.17) is 0 Å². The lowest BCUT2D eigenvalue weighted by molar-refractivity contribution is 0.240. The van der Waals surface area contributed by atoms with Crippen molar-refractivity contribution in [2.45, 2.75) is 32.4 Å². The van der Waals surface area contributed by atoms with E-state index in [9.17, 15) is 0 Å². The van der Waals surface area contributed by atoms with Gasteiger partial charge < -0.3 is 0 Å². The fourth-order valence-corrected chi connectivity index (χ4v) is 3.94. The van der Waals surface area contributed by atoms with Gasteiger partial charge in [-0.15, -0.1) is 11.3 Å². The standard InChI is InChI=1S/C15H17N5S/c1-11-14(20-7-8-21-15(20)18-11)10-19-6-2-3-13(19)12-9-16-4-5-17-12/h4-5,7-9,13H,2-3,6,10H2,1H3. The zero-order valence-corrected chi connectivity index (χ0v) is 12.8. The van der Waals surface area contributed by atoms with Crippen LogP contribution in [0.4, 0.5) is 0 Å². The van der Waals surface area contributed by atoms with Crippen LogP contribution in [0.1, 0.15) is 36.0 Å². The Balaban J connectivity index is 1.64. The Hall–Kier alpha value is -1.79. The van der Waals surface area contributed by atoms with E-state index in [0.717, 1.165) is 35.9 Å². The van der Waals surface area contributed by atoms with E-state index in [2.05, 4.69) is 42.8 Å². The van der Waals surface area contributed by atoms with E-state index >= 15 is 0 Å². The summed E-state index contributed by atoms with van der Waals surface area (Å²) in [6, 6.07) is 0.377. The zero-order valence-electron chi connectivity index (χ0n) is 11.9. The summed E-state index contributed by atoms with van der Waals surface area (Å²) in [5.41, 5.74) is 3.51. The van der Waals surface area contributed by atoms with Gasteiger partial charge in [-0.3, -0.25) is 19.3 Å². The van der Waals surface area contributed by atoms with Crippen molar-refractivity contribution in [1.29, 1.82) is 0 Å². The van der Waals surface area contributed by atoms with Crippen molar-refractivity contribution in [1.82, 2.24) is 24.3 Å². The molecule has 4 heterocycles. The van der Waals surface area contributed by atoms with Crippen molar-refractivity contribution in [3.63, 3.8) is 0 Å². The predicted octanol–water partition coefficient (Wildman–Crippen LogP) is 2.83. The average molecular weight is 299 g/mol. The smallest absolute Gasteiger partial charge is 0.194 e. The number of aryl methyl sites for hydroxylation is 1. The van der Waals surface area contributed by atoms with Crippen LogP contribution in [0.15, 0.2) is 30.2 Å². The Labute approximate surface area is 127 Å². The van der Waals surface area contributed by atoms with Crippen molar-refractivity contribution in [3.05, 3.63) is 47.2 Å². The minimum atomic E-state index is 0.377. The molecule has 1 unspecified atom stereocenters. The molecule has 0 spiro atoms. The van der Waals surface area contributed by atoms with E-state index < -0.39 is 0 Å². The van der Waals surface area contributed by atoms with Crippen LogP contribution >= 0.6 is 11.3 Å². The molecule has 5 nitrogen and oxygen atoms in total. The number of thiazole rings is 1. The fraction of sp³-hybridized carbons (Fsp3) is 0.400. The molecule has 3 aromatic heterocycles. The molecule has 108 valence electrons. The lowest BCUT2D eigenvalue weighted by Gasteiger charge is -2.23. The van der Waals surface area contributed by atoms with Gasteiger partial charge in [0.2, 0.25) is 0 Å². The summed E-state index contributed by atoms with van der Waals surface area (Å²) in [4.78, 5) is 16.9. The molecule has 0 aromatic carbocycles. The van der Waals surface area contributed by atoms with Crippen molar-refractivity contribution < 1.29 is 0 Å². The van der Waals surface area contributed by atoms with E-state index in [1.807, 2.05) is 6.20 Å². The summed E-state index contributed by atoms with van der Waals surface area (Å²) >= 11 is 1.69. The second-order valence-electron chi connectivity index (χ2n) is 5.46. The van der Waals surface area contributed by atoms with E-state index in [1.54, 1.807) is 23.7 Å². The third kappa shape index (κ3) is 2.24. The summed E-state index contributed by atoms with van der Waals surface area (Å²) in [7, 11) is 0. The van der Waals surface area contributed by atoms with Crippen LogP contribution in [-0.2, 0) is 6.54 Å². The maximum absolute atomic E-state index is 4.64. The molecule has 6 heteroatoms. The highest BCUT2D eigenvalue weighted by molar-refractivity contribution is 7.15. The first-order valence-corrected chi connectivity index (χ1v) is 8.12. The van der Waals surface area contributed by atoms with Gasteiger partial charge in [0.15, 0.2) is 4.96 Å². The first-order chi connectivity index (χ1) is 10.3. The molecule has 0 saturated carbocycles. The molecule has 21 heavy (non-hydrogen) atoms. The number of imidazole rings is 1. The first kappa shape index (κ1) is 12.9. The molecule has 1 saturated heterocycles. The maximum atomic E-state index is 4.64. The summed E-state index contributed by atoms with van der Waals surface area (Å²) in [6.45, 7) is 4.13. The van der Waals surface area contributed by atoms with Gasteiger partial charge in [-0.1, -0.05) is 0 Å². The molecular formula is C15H17N5S. The number of hydrogen-bond donors (Lipinski definition) is 0. The van der Waals surface area contributed by atoms with Crippen molar-refractivity contribution >= 4 is 16.3 Å². The second-order valence-corrected chi connectivity index (χ2v) is 6.33. The largest absolute Gasteiger partial charge is 0.293 e. The van der Waals surface area contributed by atoms with Gasteiger partial charge in [-0.2, -0.15) is 0 Å². The van der Waals surface area contributed by atoms with E-state index in [1.165, 1.54) is 12.1 Å². The van der Waals surface area contributed by atoms with Crippen LogP contribution in [0.5, 0.6) is 0 Å².